The number of hydroxylamine groups is 1. The standard InChI is InChI=1S/C16H24N2O3/c1-13(2)8-10-18(20)11-9-16(19)17-12-14-4-6-15(21-3)7-5-14/h4-7,10,13H,8-9,11-12H2,1-3H3,(H,17,19)/b18-10-. The lowest BCUT2D eigenvalue weighted by atomic mass is 10.1. The van der Waals surface area contributed by atoms with Crippen molar-refractivity contribution in [2.45, 2.75) is 33.2 Å². The average molecular weight is 292 g/mol. The van der Waals surface area contributed by atoms with E-state index in [9.17, 15) is 10.0 Å². The Hall–Kier alpha value is -2.04. The number of rotatable bonds is 8. The van der Waals surface area contributed by atoms with Crippen LogP contribution < -0.4 is 10.1 Å². The number of ether oxygens (including phenoxy) is 1. The Labute approximate surface area is 126 Å². The number of benzene rings is 1. The quantitative estimate of drug-likeness (QED) is 0.346. The van der Waals surface area contributed by atoms with E-state index >= 15 is 0 Å². The maximum Gasteiger partial charge on any atom is 0.226 e. The molecule has 1 aromatic rings. The van der Waals surface area contributed by atoms with Crippen LogP contribution in [0, 0.1) is 11.1 Å². The van der Waals surface area contributed by atoms with Crippen LogP contribution >= 0.6 is 0 Å². The lowest BCUT2D eigenvalue weighted by Crippen LogP contribution is -2.25. The molecule has 116 valence electrons. The first-order valence-corrected chi connectivity index (χ1v) is 7.18. The predicted molar refractivity (Wildman–Crippen MR) is 83.5 cm³/mol. The van der Waals surface area contributed by atoms with E-state index in [2.05, 4.69) is 5.32 Å². The van der Waals surface area contributed by atoms with Crippen LogP contribution in [0.3, 0.4) is 0 Å². The summed E-state index contributed by atoms with van der Waals surface area (Å²) in [6, 6.07) is 7.49. The monoisotopic (exact) mass is 292 g/mol. The summed E-state index contributed by atoms with van der Waals surface area (Å²) in [5.41, 5.74) is 0.995. The topological polar surface area (TPSA) is 64.4 Å². The van der Waals surface area contributed by atoms with Crippen LogP contribution in [-0.2, 0) is 11.3 Å². The van der Waals surface area contributed by atoms with Crippen molar-refractivity contribution in [1.29, 1.82) is 0 Å². The highest BCUT2D eigenvalue weighted by Gasteiger charge is 2.05. The fourth-order valence-electron chi connectivity index (χ4n) is 1.66. The van der Waals surface area contributed by atoms with Crippen molar-refractivity contribution < 1.29 is 14.3 Å². The first-order valence-electron chi connectivity index (χ1n) is 7.18. The molecule has 0 atom stereocenters. The van der Waals surface area contributed by atoms with Gasteiger partial charge in [-0.1, -0.05) is 26.0 Å². The van der Waals surface area contributed by atoms with Crippen LogP contribution in [0.25, 0.3) is 0 Å². The van der Waals surface area contributed by atoms with E-state index in [0.29, 0.717) is 12.5 Å². The van der Waals surface area contributed by atoms with Gasteiger partial charge in [0.15, 0.2) is 12.8 Å². The van der Waals surface area contributed by atoms with Gasteiger partial charge >= 0.3 is 0 Å². The number of amides is 1. The minimum Gasteiger partial charge on any atom is -0.624 e. The fourth-order valence-corrected chi connectivity index (χ4v) is 1.66. The molecule has 0 radical (unpaired) electrons. The fraction of sp³-hybridized carbons (Fsp3) is 0.500. The Morgan fingerprint density at radius 1 is 1.38 bits per heavy atom. The molecule has 0 unspecified atom stereocenters. The van der Waals surface area contributed by atoms with Gasteiger partial charge in [-0.05, 0) is 23.6 Å². The van der Waals surface area contributed by atoms with Crippen molar-refractivity contribution in [1.82, 2.24) is 5.32 Å². The van der Waals surface area contributed by atoms with Gasteiger partial charge in [0, 0.05) is 13.0 Å². The van der Waals surface area contributed by atoms with Gasteiger partial charge in [0.2, 0.25) is 5.91 Å². The summed E-state index contributed by atoms with van der Waals surface area (Å²) in [5.74, 6) is 1.11. The molecule has 0 spiro atoms. The molecule has 5 nitrogen and oxygen atoms in total. The highest BCUT2D eigenvalue weighted by molar-refractivity contribution is 5.76. The summed E-state index contributed by atoms with van der Waals surface area (Å²) < 4.78 is 5.91. The summed E-state index contributed by atoms with van der Waals surface area (Å²) in [5, 5.41) is 14.3. The average Bonchev–Trinajstić information content (AvgIpc) is 2.49. The van der Waals surface area contributed by atoms with E-state index < -0.39 is 0 Å². The summed E-state index contributed by atoms with van der Waals surface area (Å²) in [6.07, 6.45) is 2.53. The molecule has 0 aromatic heterocycles. The van der Waals surface area contributed by atoms with Crippen LogP contribution in [0.2, 0.25) is 0 Å². The molecule has 0 aliphatic carbocycles. The molecule has 1 rings (SSSR count). The van der Waals surface area contributed by atoms with Crippen molar-refractivity contribution >= 4 is 12.1 Å². The smallest absolute Gasteiger partial charge is 0.226 e. The normalized spacial score (nSPS) is 11.5. The van der Waals surface area contributed by atoms with E-state index in [1.54, 1.807) is 13.3 Å². The zero-order chi connectivity index (χ0) is 15.7. The number of nitrogens with zero attached hydrogens (tertiary/aromatic N) is 1. The second-order valence-corrected chi connectivity index (χ2v) is 5.33. The Balaban J connectivity index is 2.28. The molecule has 0 fully saturated rings. The number of nitrogens with one attached hydrogen (secondary N) is 1. The molecular formula is C16H24N2O3. The van der Waals surface area contributed by atoms with E-state index in [4.69, 9.17) is 4.74 Å². The molecule has 0 saturated heterocycles. The molecule has 1 aromatic carbocycles. The Morgan fingerprint density at radius 2 is 2.05 bits per heavy atom. The van der Waals surface area contributed by atoms with Crippen LogP contribution in [0.15, 0.2) is 24.3 Å². The number of hydrogen-bond acceptors (Lipinski definition) is 3. The van der Waals surface area contributed by atoms with E-state index in [-0.39, 0.29) is 18.9 Å². The van der Waals surface area contributed by atoms with Crippen molar-refractivity contribution in [3.8, 4) is 5.75 Å². The number of carbonyl (C=O) groups excluding carboxylic acids is 1. The lowest BCUT2D eigenvalue weighted by Gasteiger charge is -2.07. The number of methoxy groups -OCH3 is 1. The Morgan fingerprint density at radius 3 is 2.62 bits per heavy atom. The molecule has 0 aliphatic rings. The SMILES string of the molecule is COc1ccc(CNC(=O)CC/[N+]([O-])=C/CC(C)C)cc1. The van der Waals surface area contributed by atoms with E-state index in [0.717, 1.165) is 22.5 Å². The third kappa shape index (κ3) is 7.34. The van der Waals surface area contributed by atoms with Gasteiger partial charge in [0.05, 0.1) is 13.5 Å². The Kier molecular flexibility index (Phi) is 7.29. The largest absolute Gasteiger partial charge is 0.624 e. The summed E-state index contributed by atoms with van der Waals surface area (Å²) in [4.78, 5) is 11.7. The maximum atomic E-state index is 11.7. The molecule has 0 heterocycles. The third-order valence-electron chi connectivity index (χ3n) is 2.99. The summed E-state index contributed by atoms with van der Waals surface area (Å²) in [6.45, 7) is 4.75. The van der Waals surface area contributed by atoms with Gasteiger partial charge in [-0.2, -0.15) is 0 Å². The Bertz CT molecular complexity index is 467. The molecule has 1 N–H and O–H groups in total. The highest BCUT2D eigenvalue weighted by Crippen LogP contribution is 2.10. The molecule has 21 heavy (non-hydrogen) atoms. The molecule has 1 amide bonds. The summed E-state index contributed by atoms with van der Waals surface area (Å²) in [7, 11) is 1.61. The molecule has 0 aliphatic heterocycles. The van der Waals surface area contributed by atoms with Crippen molar-refractivity contribution in [3.63, 3.8) is 0 Å². The zero-order valence-electron chi connectivity index (χ0n) is 13.0. The van der Waals surface area contributed by atoms with Gasteiger partial charge in [0.1, 0.15) is 5.75 Å². The van der Waals surface area contributed by atoms with Crippen LogP contribution in [-0.4, -0.2) is 30.5 Å². The predicted octanol–water partition coefficient (Wildman–Crippen LogP) is 2.33. The molecule has 5 heteroatoms. The lowest BCUT2D eigenvalue weighted by molar-refractivity contribution is -0.452. The maximum absolute atomic E-state index is 11.7. The first-order chi connectivity index (χ1) is 10.0. The van der Waals surface area contributed by atoms with Gasteiger partial charge in [-0.25, -0.2) is 4.74 Å². The van der Waals surface area contributed by atoms with Gasteiger partial charge in [0.25, 0.3) is 0 Å². The third-order valence-corrected chi connectivity index (χ3v) is 2.99. The highest BCUT2D eigenvalue weighted by atomic mass is 16.5. The van der Waals surface area contributed by atoms with Crippen molar-refractivity contribution in [2.24, 2.45) is 5.92 Å². The van der Waals surface area contributed by atoms with Crippen LogP contribution in [0.5, 0.6) is 5.75 Å². The van der Waals surface area contributed by atoms with Gasteiger partial charge in [-0.3, -0.25) is 4.79 Å². The van der Waals surface area contributed by atoms with Crippen LogP contribution in [0.1, 0.15) is 32.3 Å². The molecular weight excluding hydrogens is 268 g/mol. The molecule has 0 bridgehead atoms. The zero-order valence-corrected chi connectivity index (χ0v) is 13.0. The summed E-state index contributed by atoms with van der Waals surface area (Å²) >= 11 is 0. The second-order valence-electron chi connectivity index (χ2n) is 5.33. The van der Waals surface area contributed by atoms with Crippen LogP contribution in [0.4, 0.5) is 0 Å². The second kappa shape index (κ2) is 9.00. The van der Waals surface area contributed by atoms with Gasteiger partial charge in [-0.15, -0.1) is 0 Å². The minimum absolute atomic E-state index is 0.121. The van der Waals surface area contributed by atoms with Crippen molar-refractivity contribution in [2.75, 3.05) is 13.7 Å². The minimum atomic E-state index is -0.121. The van der Waals surface area contributed by atoms with E-state index in [1.807, 2.05) is 38.1 Å². The number of hydrogen-bond donors (Lipinski definition) is 1. The van der Waals surface area contributed by atoms with Gasteiger partial charge < -0.3 is 15.3 Å². The van der Waals surface area contributed by atoms with E-state index in [1.165, 1.54) is 0 Å². The first kappa shape index (κ1) is 17.0. The van der Waals surface area contributed by atoms with Crippen molar-refractivity contribution in [3.05, 3.63) is 35.0 Å². The number of carbonyl (C=O) groups is 1. The molecule has 0 saturated carbocycles.